The molecule has 0 saturated carbocycles. The van der Waals surface area contributed by atoms with Gasteiger partial charge in [-0.2, -0.15) is 0 Å². The van der Waals surface area contributed by atoms with Crippen molar-refractivity contribution in [1.29, 1.82) is 0 Å². The molecule has 0 aliphatic carbocycles. The molecule has 2 heterocycles. The third-order valence-corrected chi connectivity index (χ3v) is 4.28. The molecule has 14 heavy (non-hydrogen) atoms. The van der Waals surface area contributed by atoms with Crippen LogP contribution in [0.3, 0.4) is 0 Å². The molecule has 0 radical (unpaired) electrons. The second-order valence-electron chi connectivity index (χ2n) is 4.03. The largest absolute Gasteiger partial charge is 0.352 e. The molecular formula is C10H18N2OS. The quantitative estimate of drug-likeness (QED) is 0.713. The summed E-state index contributed by atoms with van der Waals surface area (Å²) in [5.74, 6) is 1.43. The predicted molar refractivity (Wildman–Crippen MR) is 59.5 cm³/mol. The smallest absolute Gasteiger partial charge is 0.233 e. The summed E-state index contributed by atoms with van der Waals surface area (Å²) in [5, 5.41) is 6.70. The number of carbonyl (C=O) groups is 1. The fourth-order valence-corrected chi connectivity index (χ4v) is 3.22. The molecule has 2 rings (SSSR count). The Kier molecular flexibility index (Phi) is 3.70. The van der Waals surface area contributed by atoms with E-state index in [0.717, 1.165) is 38.1 Å². The lowest BCUT2D eigenvalue weighted by Crippen LogP contribution is -2.45. The molecule has 80 valence electrons. The monoisotopic (exact) mass is 214 g/mol. The van der Waals surface area contributed by atoms with Crippen LogP contribution in [0.4, 0.5) is 0 Å². The highest BCUT2D eigenvalue weighted by Gasteiger charge is 2.25. The lowest BCUT2D eigenvalue weighted by molar-refractivity contribution is -0.121. The predicted octanol–water partition coefficient (Wildman–Crippen LogP) is 0.750. The van der Waals surface area contributed by atoms with Crippen LogP contribution >= 0.6 is 11.8 Å². The molecule has 2 saturated heterocycles. The van der Waals surface area contributed by atoms with Gasteiger partial charge in [0.2, 0.25) is 5.91 Å². The first-order valence-corrected chi connectivity index (χ1v) is 6.54. The first kappa shape index (κ1) is 10.3. The Morgan fingerprint density at radius 2 is 2.07 bits per heavy atom. The standard InChI is InChI=1S/C10H18N2OS/c13-10(9-2-1-7-14-9)12-8-3-5-11-6-4-8/h8-9,11H,1-7H2,(H,12,13). The van der Waals surface area contributed by atoms with Gasteiger partial charge in [-0.15, -0.1) is 11.8 Å². The minimum atomic E-state index is 0.241. The maximum Gasteiger partial charge on any atom is 0.233 e. The highest BCUT2D eigenvalue weighted by Crippen LogP contribution is 2.26. The van der Waals surface area contributed by atoms with E-state index in [1.54, 1.807) is 0 Å². The van der Waals surface area contributed by atoms with Crippen molar-refractivity contribution < 1.29 is 4.79 Å². The van der Waals surface area contributed by atoms with Gasteiger partial charge in [0, 0.05) is 6.04 Å². The molecule has 3 nitrogen and oxygen atoms in total. The molecule has 0 aromatic heterocycles. The molecule has 2 aliphatic rings. The van der Waals surface area contributed by atoms with Crippen molar-refractivity contribution in [2.45, 2.75) is 37.0 Å². The highest BCUT2D eigenvalue weighted by atomic mass is 32.2. The van der Waals surface area contributed by atoms with Crippen molar-refractivity contribution in [3.05, 3.63) is 0 Å². The molecule has 2 aliphatic heterocycles. The lowest BCUT2D eigenvalue weighted by atomic mass is 10.1. The van der Waals surface area contributed by atoms with Crippen LogP contribution in [0.5, 0.6) is 0 Å². The van der Waals surface area contributed by atoms with Crippen molar-refractivity contribution in [3.8, 4) is 0 Å². The van der Waals surface area contributed by atoms with Gasteiger partial charge in [-0.05, 0) is 44.5 Å². The van der Waals surface area contributed by atoms with Gasteiger partial charge in [0.1, 0.15) is 0 Å². The Labute approximate surface area is 89.4 Å². The SMILES string of the molecule is O=C(NC1CCNCC1)C1CCCS1. The Morgan fingerprint density at radius 3 is 2.71 bits per heavy atom. The summed E-state index contributed by atoms with van der Waals surface area (Å²) < 4.78 is 0. The van der Waals surface area contributed by atoms with E-state index in [4.69, 9.17) is 0 Å². The highest BCUT2D eigenvalue weighted by molar-refractivity contribution is 8.00. The maximum absolute atomic E-state index is 11.8. The van der Waals surface area contributed by atoms with E-state index in [1.165, 1.54) is 6.42 Å². The minimum Gasteiger partial charge on any atom is -0.352 e. The second kappa shape index (κ2) is 5.03. The Balaban J connectivity index is 1.75. The number of hydrogen-bond acceptors (Lipinski definition) is 3. The molecular weight excluding hydrogens is 196 g/mol. The molecule has 2 N–H and O–H groups in total. The van der Waals surface area contributed by atoms with Crippen molar-refractivity contribution in [3.63, 3.8) is 0 Å². The number of amides is 1. The van der Waals surface area contributed by atoms with Gasteiger partial charge < -0.3 is 10.6 Å². The zero-order chi connectivity index (χ0) is 9.80. The number of nitrogens with one attached hydrogen (secondary N) is 2. The topological polar surface area (TPSA) is 41.1 Å². The Hall–Kier alpha value is -0.220. The second-order valence-corrected chi connectivity index (χ2v) is 5.35. The zero-order valence-electron chi connectivity index (χ0n) is 8.42. The van der Waals surface area contributed by atoms with E-state index in [1.807, 2.05) is 11.8 Å². The third-order valence-electron chi connectivity index (χ3n) is 2.91. The van der Waals surface area contributed by atoms with Crippen molar-refractivity contribution in [2.75, 3.05) is 18.8 Å². The first-order valence-electron chi connectivity index (χ1n) is 5.49. The Bertz CT molecular complexity index is 198. The number of piperidine rings is 1. The first-order chi connectivity index (χ1) is 6.86. The molecule has 1 unspecified atom stereocenters. The summed E-state index contributed by atoms with van der Waals surface area (Å²) >= 11 is 1.81. The van der Waals surface area contributed by atoms with Crippen LogP contribution in [0, 0.1) is 0 Å². The van der Waals surface area contributed by atoms with Crippen molar-refractivity contribution in [1.82, 2.24) is 10.6 Å². The van der Waals surface area contributed by atoms with Crippen LogP contribution in [-0.4, -0.2) is 36.0 Å². The van der Waals surface area contributed by atoms with Crippen LogP contribution in [0.2, 0.25) is 0 Å². The van der Waals surface area contributed by atoms with Crippen LogP contribution in [0.15, 0.2) is 0 Å². The Morgan fingerprint density at radius 1 is 1.29 bits per heavy atom. The van der Waals surface area contributed by atoms with Crippen molar-refractivity contribution >= 4 is 17.7 Å². The van der Waals surface area contributed by atoms with Crippen molar-refractivity contribution in [2.24, 2.45) is 0 Å². The summed E-state index contributed by atoms with van der Waals surface area (Å²) in [6, 6.07) is 0.421. The number of rotatable bonds is 2. The van der Waals surface area contributed by atoms with Gasteiger partial charge in [0.15, 0.2) is 0 Å². The van der Waals surface area contributed by atoms with E-state index in [9.17, 15) is 4.79 Å². The van der Waals surface area contributed by atoms with Gasteiger partial charge in [0.05, 0.1) is 5.25 Å². The summed E-state index contributed by atoms with van der Waals surface area (Å²) in [6.45, 7) is 2.09. The molecule has 0 aromatic rings. The zero-order valence-corrected chi connectivity index (χ0v) is 9.24. The molecule has 0 bridgehead atoms. The van der Waals surface area contributed by atoms with Gasteiger partial charge in [-0.25, -0.2) is 0 Å². The minimum absolute atomic E-state index is 0.241. The molecule has 1 amide bonds. The third kappa shape index (κ3) is 2.64. The lowest BCUT2D eigenvalue weighted by Gasteiger charge is -2.24. The molecule has 2 fully saturated rings. The van der Waals surface area contributed by atoms with E-state index < -0.39 is 0 Å². The number of thioether (sulfide) groups is 1. The average molecular weight is 214 g/mol. The summed E-state index contributed by atoms with van der Waals surface area (Å²) in [5.41, 5.74) is 0. The van der Waals surface area contributed by atoms with Crippen LogP contribution < -0.4 is 10.6 Å². The molecule has 0 spiro atoms. The van der Waals surface area contributed by atoms with Crippen LogP contribution in [0.1, 0.15) is 25.7 Å². The van der Waals surface area contributed by atoms with Gasteiger partial charge >= 0.3 is 0 Å². The maximum atomic E-state index is 11.8. The van der Waals surface area contributed by atoms with E-state index in [-0.39, 0.29) is 11.2 Å². The van der Waals surface area contributed by atoms with Crippen LogP contribution in [-0.2, 0) is 4.79 Å². The van der Waals surface area contributed by atoms with E-state index >= 15 is 0 Å². The number of hydrogen-bond donors (Lipinski definition) is 2. The summed E-state index contributed by atoms with van der Waals surface area (Å²) in [7, 11) is 0. The summed E-state index contributed by atoms with van der Waals surface area (Å²) in [6.07, 6.45) is 4.45. The average Bonchev–Trinajstić information content (AvgIpc) is 2.72. The molecule has 1 atom stereocenters. The van der Waals surface area contributed by atoms with Gasteiger partial charge in [-0.3, -0.25) is 4.79 Å². The van der Waals surface area contributed by atoms with E-state index in [0.29, 0.717) is 6.04 Å². The van der Waals surface area contributed by atoms with Gasteiger partial charge in [-0.1, -0.05) is 0 Å². The molecule has 4 heteroatoms. The normalized spacial score (nSPS) is 29.0. The number of carbonyl (C=O) groups excluding carboxylic acids is 1. The van der Waals surface area contributed by atoms with E-state index in [2.05, 4.69) is 10.6 Å². The fourth-order valence-electron chi connectivity index (χ4n) is 2.04. The van der Waals surface area contributed by atoms with Crippen LogP contribution in [0.25, 0.3) is 0 Å². The summed E-state index contributed by atoms with van der Waals surface area (Å²) in [4.78, 5) is 11.8. The fraction of sp³-hybridized carbons (Fsp3) is 0.900. The van der Waals surface area contributed by atoms with Gasteiger partial charge in [0.25, 0.3) is 0 Å². The molecule has 0 aromatic carbocycles.